The maximum Gasteiger partial charge on any atom is 0.437 e. The quantitative estimate of drug-likeness (QED) is 0.318. The van der Waals surface area contributed by atoms with Crippen molar-refractivity contribution < 1.29 is 27.9 Å². The van der Waals surface area contributed by atoms with Crippen LogP contribution in [-0.4, -0.2) is 39.4 Å². The fourth-order valence-electron chi connectivity index (χ4n) is 3.90. The van der Waals surface area contributed by atoms with Gasteiger partial charge >= 0.3 is 6.18 Å². The van der Waals surface area contributed by atoms with Gasteiger partial charge in [-0.05, 0) is 23.1 Å². The highest BCUT2D eigenvalue weighted by Crippen LogP contribution is 2.52. The first-order valence-electron chi connectivity index (χ1n) is 10.4. The SMILES string of the molecule is N#CC1=C(SCC(=O)Nc2nccs2)N[C@@](O)(C(F)(F)F)[C@H](C(=O)c2cccs2)[C@H]1c1ccccc1Cl. The molecule has 7 nitrogen and oxygen atoms in total. The molecule has 192 valence electrons. The lowest BCUT2D eigenvalue weighted by Gasteiger charge is -2.45. The van der Waals surface area contributed by atoms with Crippen molar-refractivity contribution in [3.8, 4) is 6.07 Å². The lowest BCUT2D eigenvalue weighted by molar-refractivity contribution is -0.285. The molecule has 2 aromatic heterocycles. The molecular weight excluding hydrogens is 569 g/mol. The summed E-state index contributed by atoms with van der Waals surface area (Å²) < 4.78 is 43.6. The number of anilines is 1. The standard InChI is InChI=1S/C23H16ClF3N4O3S3/c24-14-5-2-1-4-12(14)17-13(10-28)20(37-11-16(32)30-21-29-7-9-36-21)31-22(34,23(25,26)27)18(17)19(33)15-6-3-8-35-15/h1-9,17-18,31,34H,11H2,(H,29,30,32)/t17-,18-,22-/m0/s1. The lowest BCUT2D eigenvalue weighted by atomic mass is 9.70. The molecule has 0 aliphatic carbocycles. The first-order valence-corrected chi connectivity index (χ1v) is 13.5. The molecule has 3 aromatic rings. The maximum atomic E-state index is 14.5. The van der Waals surface area contributed by atoms with E-state index in [0.717, 1.165) is 22.7 Å². The number of hydrogen-bond donors (Lipinski definition) is 3. The van der Waals surface area contributed by atoms with Gasteiger partial charge in [0.25, 0.3) is 0 Å². The van der Waals surface area contributed by atoms with E-state index in [9.17, 15) is 33.1 Å². The van der Waals surface area contributed by atoms with Gasteiger partial charge in [-0.3, -0.25) is 9.59 Å². The molecule has 0 unspecified atom stereocenters. The van der Waals surface area contributed by atoms with E-state index in [2.05, 4.69) is 10.3 Å². The predicted molar refractivity (Wildman–Crippen MR) is 136 cm³/mol. The Labute approximate surface area is 226 Å². The second-order valence-corrected chi connectivity index (χ2v) is 11.0. The largest absolute Gasteiger partial charge is 0.437 e. The topological polar surface area (TPSA) is 115 Å². The summed E-state index contributed by atoms with van der Waals surface area (Å²) in [5.74, 6) is -5.75. The van der Waals surface area contributed by atoms with Gasteiger partial charge in [-0.15, -0.1) is 22.7 Å². The molecule has 0 spiro atoms. The number of halogens is 4. The Kier molecular flexibility index (Phi) is 7.96. The Bertz CT molecular complexity index is 1370. The molecule has 14 heteroatoms. The first kappa shape index (κ1) is 27.2. The number of allylic oxidation sites excluding steroid dienone is 1. The third kappa shape index (κ3) is 5.39. The minimum absolute atomic E-state index is 0.0153. The zero-order valence-electron chi connectivity index (χ0n) is 18.5. The Hall–Kier alpha value is -2.89. The molecule has 0 saturated heterocycles. The molecule has 0 radical (unpaired) electrons. The number of thiazole rings is 1. The number of amides is 1. The van der Waals surface area contributed by atoms with E-state index in [-0.39, 0.29) is 21.0 Å². The molecule has 0 fully saturated rings. The van der Waals surface area contributed by atoms with Crippen molar-refractivity contribution in [3.05, 3.63) is 79.4 Å². The van der Waals surface area contributed by atoms with Crippen LogP contribution in [0.3, 0.4) is 0 Å². The number of carbonyl (C=O) groups is 2. The number of nitrogens with one attached hydrogen (secondary N) is 2. The van der Waals surface area contributed by atoms with E-state index in [0.29, 0.717) is 16.9 Å². The summed E-state index contributed by atoms with van der Waals surface area (Å²) >= 11 is 8.99. The Morgan fingerprint density at radius 3 is 2.59 bits per heavy atom. The van der Waals surface area contributed by atoms with Crippen LogP contribution >= 0.6 is 46.0 Å². The van der Waals surface area contributed by atoms with Crippen LogP contribution in [0.15, 0.2) is 64.0 Å². The molecule has 4 rings (SSSR count). The molecule has 0 bridgehead atoms. The minimum Gasteiger partial charge on any atom is -0.363 e. The molecule has 3 atom stereocenters. The number of nitriles is 1. The molecular formula is C23H16ClF3N4O3S3. The Morgan fingerprint density at radius 1 is 1.24 bits per heavy atom. The third-order valence-electron chi connectivity index (χ3n) is 5.51. The second kappa shape index (κ2) is 10.8. The van der Waals surface area contributed by atoms with Gasteiger partial charge in [-0.25, -0.2) is 4.98 Å². The highest BCUT2D eigenvalue weighted by atomic mass is 35.5. The van der Waals surface area contributed by atoms with E-state index < -0.39 is 46.2 Å². The van der Waals surface area contributed by atoms with Crippen molar-refractivity contribution in [1.29, 1.82) is 5.26 Å². The number of ketones is 1. The van der Waals surface area contributed by atoms with Crippen LogP contribution in [0.4, 0.5) is 18.3 Å². The number of benzene rings is 1. The van der Waals surface area contributed by atoms with E-state index in [1.165, 1.54) is 41.9 Å². The normalized spacial score (nSPS) is 21.7. The summed E-state index contributed by atoms with van der Waals surface area (Å²) in [6.45, 7) is 0. The Morgan fingerprint density at radius 2 is 2.00 bits per heavy atom. The smallest absolute Gasteiger partial charge is 0.363 e. The van der Waals surface area contributed by atoms with E-state index in [1.54, 1.807) is 11.4 Å². The van der Waals surface area contributed by atoms with Gasteiger partial charge < -0.3 is 15.7 Å². The number of rotatable bonds is 7. The van der Waals surface area contributed by atoms with Crippen LogP contribution in [0.5, 0.6) is 0 Å². The van der Waals surface area contributed by atoms with Crippen molar-refractivity contribution in [2.45, 2.75) is 17.8 Å². The highest BCUT2D eigenvalue weighted by molar-refractivity contribution is 8.03. The van der Waals surface area contributed by atoms with Gasteiger partial charge in [0, 0.05) is 22.5 Å². The molecule has 1 aliphatic rings. The average molecular weight is 585 g/mol. The van der Waals surface area contributed by atoms with Gasteiger partial charge in [-0.2, -0.15) is 18.4 Å². The summed E-state index contributed by atoms with van der Waals surface area (Å²) in [5.41, 5.74) is -3.97. The van der Waals surface area contributed by atoms with Crippen LogP contribution in [0.25, 0.3) is 0 Å². The summed E-state index contributed by atoms with van der Waals surface area (Å²) in [5, 5.41) is 28.8. The zero-order valence-corrected chi connectivity index (χ0v) is 21.7. The van der Waals surface area contributed by atoms with Crippen molar-refractivity contribution in [3.63, 3.8) is 0 Å². The minimum atomic E-state index is -5.35. The van der Waals surface area contributed by atoms with Gasteiger partial charge in [-0.1, -0.05) is 47.6 Å². The van der Waals surface area contributed by atoms with Crippen LogP contribution in [0, 0.1) is 17.2 Å². The number of Topliss-reactive ketones (excluding diaryl/α,β-unsaturated/α-hetero) is 1. The van der Waals surface area contributed by atoms with Gasteiger partial charge in [0.2, 0.25) is 11.6 Å². The number of thiophene rings is 1. The number of aromatic nitrogens is 1. The van der Waals surface area contributed by atoms with Crippen LogP contribution in [-0.2, 0) is 4.79 Å². The van der Waals surface area contributed by atoms with E-state index in [1.807, 2.05) is 11.4 Å². The summed E-state index contributed by atoms with van der Waals surface area (Å²) in [6, 6.07) is 10.6. The lowest BCUT2D eigenvalue weighted by Crippen LogP contribution is -2.66. The number of hydrogen-bond acceptors (Lipinski definition) is 9. The van der Waals surface area contributed by atoms with E-state index in [4.69, 9.17) is 11.6 Å². The molecule has 0 saturated carbocycles. The number of nitrogens with zero attached hydrogens (tertiary/aromatic N) is 2. The summed E-state index contributed by atoms with van der Waals surface area (Å²) in [7, 11) is 0. The van der Waals surface area contributed by atoms with Crippen molar-refractivity contribution in [2.75, 3.05) is 11.1 Å². The first-order chi connectivity index (χ1) is 17.6. The van der Waals surface area contributed by atoms with Crippen LogP contribution in [0.2, 0.25) is 5.02 Å². The molecule has 1 aliphatic heterocycles. The van der Waals surface area contributed by atoms with E-state index >= 15 is 0 Å². The average Bonchev–Trinajstić information content (AvgIpc) is 3.56. The van der Waals surface area contributed by atoms with Crippen molar-refractivity contribution >= 4 is 62.9 Å². The Balaban J connectivity index is 1.83. The number of carbonyl (C=O) groups excluding carboxylic acids is 2. The van der Waals surface area contributed by atoms with Crippen LogP contribution in [0.1, 0.15) is 21.2 Å². The highest BCUT2D eigenvalue weighted by Gasteiger charge is 2.66. The van der Waals surface area contributed by atoms with Crippen LogP contribution < -0.4 is 10.6 Å². The monoisotopic (exact) mass is 584 g/mol. The zero-order chi connectivity index (χ0) is 26.8. The van der Waals surface area contributed by atoms with Gasteiger partial charge in [0.15, 0.2) is 10.9 Å². The molecule has 3 heterocycles. The van der Waals surface area contributed by atoms with Crippen molar-refractivity contribution in [2.24, 2.45) is 5.92 Å². The molecule has 3 N–H and O–H groups in total. The summed E-state index contributed by atoms with van der Waals surface area (Å²) in [6.07, 6.45) is -3.88. The van der Waals surface area contributed by atoms with Crippen molar-refractivity contribution in [1.82, 2.24) is 10.3 Å². The molecule has 1 amide bonds. The van der Waals surface area contributed by atoms with Gasteiger partial charge in [0.1, 0.15) is 0 Å². The molecule has 1 aromatic carbocycles. The number of aliphatic hydroxyl groups is 1. The fourth-order valence-corrected chi connectivity index (χ4v) is 6.31. The van der Waals surface area contributed by atoms with Gasteiger partial charge in [0.05, 0.1) is 33.2 Å². The number of thioether (sulfide) groups is 1. The predicted octanol–water partition coefficient (Wildman–Crippen LogP) is 5.40. The molecule has 37 heavy (non-hydrogen) atoms. The second-order valence-electron chi connectivity index (χ2n) is 7.74. The maximum absolute atomic E-state index is 14.5. The summed E-state index contributed by atoms with van der Waals surface area (Å²) in [4.78, 5) is 29.8. The fraction of sp³-hybridized carbons (Fsp3) is 0.217. The number of alkyl halides is 3. The third-order valence-corrected chi connectivity index (χ3v) is 8.44.